The SMILES string of the molecule is CC1CCC2(CC1)NC[C@@H](c1ccccc1)N2. The summed E-state index contributed by atoms with van der Waals surface area (Å²) in [6.45, 7) is 3.44. The first kappa shape index (κ1) is 11.2. The van der Waals surface area contributed by atoms with Crippen LogP contribution in [0.2, 0.25) is 0 Å². The molecule has 17 heavy (non-hydrogen) atoms. The van der Waals surface area contributed by atoms with Gasteiger partial charge in [-0.25, -0.2) is 0 Å². The van der Waals surface area contributed by atoms with E-state index in [9.17, 15) is 0 Å². The fourth-order valence-corrected chi connectivity index (χ4v) is 3.20. The van der Waals surface area contributed by atoms with Crippen LogP contribution in [0.3, 0.4) is 0 Å². The molecule has 1 saturated carbocycles. The van der Waals surface area contributed by atoms with Crippen LogP contribution >= 0.6 is 0 Å². The van der Waals surface area contributed by atoms with Gasteiger partial charge in [0.15, 0.2) is 0 Å². The molecule has 0 radical (unpaired) electrons. The zero-order valence-electron chi connectivity index (χ0n) is 10.6. The van der Waals surface area contributed by atoms with Gasteiger partial charge in [-0.05, 0) is 37.2 Å². The van der Waals surface area contributed by atoms with Gasteiger partial charge in [-0.1, -0.05) is 37.3 Å². The van der Waals surface area contributed by atoms with E-state index >= 15 is 0 Å². The summed E-state index contributed by atoms with van der Waals surface area (Å²) in [7, 11) is 0. The molecule has 0 amide bonds. The molecule has 92 valence electrons. The molecule has 1 heterocycles. The van der Waals surface area contributed by atoms with Crippen LogP contribution in [-0.4, -0.2) is 12.2 Å². The molecular formula is C15H22N2. The highest BCUT2D eigenvalue weighted by Crippen LogP contribution is 2.35. The van der Waals surface area contributed by atoms with Gasteiger partial charge >= 0.3 is 0 Å². The Kier molecular flexibility index (Phi) is 2.93. The Morgan fingerprint density at radius 2 is 1.82 bits per heavy atom. The maximum absolute atomic E-state index is 3.83. The highest BCUT2D eigenvalue weighted by atomic mass is 15.3. The van der Waals surface area contributed by atoms with E-state index in [1.807, 2.05) is 0 Å². The van der Waals surface area contributed by atoms with E-state index < -0.39 is 0 Å². The molecule has 1 aliphatic heterocycles. The molecule has 2 N–H and O–H groups in total. The van der Waals surface area contributed by atoms with Crippen LogP contribution in [0.25, 0.3) is 0 Å². The molecule has 2 fully saturated rings. The molecule has 1 aromatic rings. The van der Waals surface area contributed by atoms with Crippen molar-refractivity contribution in [2.75, 3.05) is 6.54 Å². The Labute approximate surface area is 104 Å². The van der Waals surface area contributed by atoms with Gasteiger partial charge in [0.1, 0.15) is 0 Å². The molecular weight excluding hydrogens is 208 g/mol. The van der Waals surface area contributed by atoms with Crippen molar-refractivity contribution >= 4 is 0 Å². The normalized spacial score (nSPS) is 37.5. The first-order valence-electron chi connectivity index (χ1n) is 6.85. The van der Waals surface area contributed by atoms with Crippen LogP contribution in [0.15, 0.2) is 30.3 Å². The average Bonchev–Trinajstić information content (AvgIpc) is 2.79. The number of hydrogen-bond donors (Lipinski definition) is 2. The highest BCUT2D eigenvalue weighted by Gasteiger charge is 2.40. The lowest BCUT2D eigenvalue weighted by Gasteiger charge is -2.37. The maximum Gasteiger partial charge on any atom is 0.0693 e. The Morgan fingerprint density at radius 3 is 2.53 bits per heavy atom. The van der Waals surface area contributed by atoms with E-state index in [2.05, 4.69) is 47.9 Å². The minimum atomic E-state index is 0.229. The Balaban J connectivity index is 1.70. The Morgan fingerprint density at radius 1 is 1.12 bits per heavy atom. The molecule has 1 aromatic carbocycles. The minimum absolute atomic E-state index is 0.229. The fraction of sp³-hybridized carbons (Fsp3) is 0.600. The second-order valence-electron chi connectivity index (χ2n) is 5.75. The first-order valence-corrected chi connectivity index (χ1v) is 6.85. The summed E-state index contributed by atoms with van der Waals surface area (Å²) in [5.74, 6) is 0.903. The molecule has 0 bridgehead atoms. The number of hydrogen-bond acceptors (Lipinski definition) is 2. The third-order valence-electron chi connectivity index (χ3n) is 4.42. The van der Waals surface area contributed by atoms with E-state index in [-0.39, 0.29) is 5.66 Å². The minimum Gasteiger partial charge on any atom is -0.297 e. The third-order valence-corrected chi connectivity index (χ3v) is 4.42. The molecule has 1 spiro atoms. The van der Waals surface area contributed by atoms with E-state index in [1.165, 1.54) is 31.2 Å². The van der Waals surface area contributed by atoms with Gasteiger partial charge in [-0.15, -0.1) is 0 Å². The van der Waals surface area contributed by atoms with Crippen molar-refractivity contribution in [3.8, 4) is 0 Å². The van der Waals surface area contributed by atoms with Crippen molar-refractivity contribution in [3.05, 3.63) is 35.9 Å². The largest absolute Gasteiger partial charge is 0.297 e. The van der Waals surface area contributed by atoms with Crippen LogP contribution in [-0.2, 0) is 0 Å². The van der Waals surface area contributed by atoms with Crippen LogP contribution < -0.4 is 10.6 Å². The topological polar surface area (TPSA) is 24.1 Å². The summed E-state index contributed by atoms with van der Waals surface area (Å²) in [6.07, 6.45) is 5.25. The lowest BCUT2D eigenvalue weighted by atomic mass is 9.83. The second-order valence-corrected chi connectivity index (χ2v) is 5.75. The molecule has 1 saturated heterocycles. The Bertz CT molecular complexity index is 366. The van der Waals surface area contributed by atoms with Gasteiger partial charge in [0, 0.05) is 12.6 Å². The van der Waals surface area contributed by atoms with Crippen molar-refractivity contribution < 1.29 is 0 Å². The summed E-state index contributed by atoms with van der Waals surface area (Å²) in [5.41, 5.74) is 1.64. The van der Waals surface area contributed by atoms with E-state index in [0.29, 0.717) is 6.04 Å². The lowest BCUT2D eigenvalue weighted by Crippen LogP contribution is -2.51. The summed E-state index contributed by atoms with van der Waals surface area (Å²) in [4.78, 5) is 0. The third kappa shape index (κ3) is 2.24. The van der Waals surface area contributed by atoms with Gasteiger partial charge in [0.25, 0.3) is 0 Å². The van der Waals surface area contributed by atoms with Gasteiger partial charge in [-0.3, -0.25) is 10.6 Å². The summed E-state index contributed by atoms with van der Waals surface area (Å²) >= 11 is 0. The zero-order chi connectivity index (χ0) is 11.7. The summed E-state index contributed by atoms with van der Waals surface area (Å²) < 4.78 is 0. The highest BCUT2D eigenvalue weighted by molar-refractivity contribution is 5.21. The predicted molar refractivity (Wildman–Crippen MR) is 70.7 cm³/mol. The number of benzene rings is 1. The van der Waals surface area contributed by atoms with Crippen LogP contribution in [0.5, 0.6) is 0 Å². The summed E-state index contributed by atoms with van der Waals surface area (Å²) in [5, 5.41) is 7.56. The zero-order valence-corrected chi connectivity index (χ0v) is 10.6. The van der Waals surface area contributed by atoms with Gasteiger partial charge in [-0.2, -0.15) is 0 Å². The van der Waals surface area contributed by atoms with Crippen LogP contribution in [0.1, 0.15) is 44.2 Å². The summed E-state index contributed by atoms with van der Waals surface area (Å²) in [6, 6.07) is 11.3. The quantitative estimate of drug-likeness (QED) is 0.775. The predicted octanol–water partition coefficient (Wildman–Crippen LogP) is 2.83. The molecule has 2 nitrogen and oxygen atoms in total. The van der Waals surface area contributed by atoms with Crippen molar-refractivity contribution in [1.29, 1.82) is 0 Å². The van der Waals surface area contributed by atoms with Crippen molar-refractivity contribution in [2.45, 2.75) is 44.3 Å². The van der Waals surface area contributed by atoms with Gasteiger partial charge in [0.05, 0.1) is 5.66 Å². The number of nitrogens with one attached hydrogen (secondary N) is 2. The van der Waals surface area contributed by atoms with Gasteiger partial charge < -0.3 is 0 Å². The van der Waals surface area contributed by atoms with Gasteiger partial charge in [0.2, 0.25) is 0 Å². The second kappa shape index (κ2) is 4.43. The average molecular weight is 230 g/mol. The van der Waals surface area contributed by atoms with Crippen molar-refractivity contribution in [3.63, 3.8) is 0 Å². The van der Waals surface area contributed by atoms with Crippen LogP contribution in [0, 0.1) is 5.92 Å². The van der Waals surface area contributed by atoms with Crippen molar-refractivity contribution in [2.24, 2.45) is 5.92 Å². The standard InChI is InChI=1S/C15H22N2/c1-12-7-9-15(10-8-12)16-11-14(17-15)13-5-3-2-4-6-13/h2-6,12,14,16-17H,7-11H2,1H3/t12?,14-,15?/m0/s1. The molecule has 0 unspecified atom stereocenters. The lowest BCUT2D eigenvalue weighted by molar-refractivity contribution is 0.191. The maximum atomic E-state index is 3.83. The first-order chi connectivity index (χ1) is 8.27. The number of rotatable bonds is 1. The molecule has 1 atom stereocenters. The van der Waals surface area contributed by atoms with E-state index in [4.69, 9.17) is 0 Å². The van der Waals surface area contributed by atoms with Crippen molar-refractivity contribution in [1.82, 2.24) is 10.6 Å². The molecule has 3 rings (SSSR count). The smallest absolute Gasteiger partial charge is 0.0693 e. The fourth-order valence-electron chi connectivity index (χ4n) is 3.20. The van der Waals surface area contributed by atoms with Crippen LogP contribution in [0.4, 0.5) is 0 Å². The monoisotopic (exact) mass is 230 g/mol. The molecule has 1 aliphatic carbocycles. The van der Waals surface area contributed by atoms with E-state index in [0.717, 1.165) is 12.5 Å². The molecule has 2 heteroatoms. The molecule has 0 aromatic heterocycles. The van der Waals surface area contributed by atoms with E-state index in [1.54, 1.807) is 0 Å². The Hall–Kier alpha value is -0.860. The molecule has 2 aliphatic rings.